The van der Waals surface area contributed by atoms with Gasteiger partial charge < -0.3 is 5.32 Å². The van der Waals surface area contributed by atoms with Crippen molar-refractivity contribution in [2.75, 3.05) is 19.4 Å². The quantitative estimate of drug-likeness (QED) is 0.737. The number of benzene rings is 2. The van der Waals surface area contributed by atoms with Crippen LogP contribution in [0.5, 0.6) is 0 Å². The van der Waals surface area contributed by atoms with Crippen LogP contribution in [0, 0.1) is 0 Å². The van der Waals surface area contributed by atoms with Gasteiger partial charge in [-0.1, -0.05) is 5.21 Å². The maximum absolute atomic E-state index is 12.4. The smallest absolute Gasteiger partial charge is 0.255 e. The number of amides is 1. The average molecular weight is 373 g/mol. The minimum Gasteiger partial charge on any atom is -0.322 e. The predicted octanol–water partition coefficient (Wildman–Crippen LogP) is 1.95. The van der Waals surface area contributed by atoms with E-state index in [1.165, 1.54) is 26.2 Å². The molecule has 1 heterocycles. The number of aryl methyl sites for hydroxylation is 1. The SMILES string of the molecule is CCn1nnc2cc(C(=O)Nc3ccc(S(=O)(=O)N(C)C)cc3)ccc21. The third kappa shape index (κ3) is 3.31. The molecule has 1 aromatic heterocycles. The lowest BCUT2D eigenvalue weighted by Gasteiger charge is -2.12. The van der Waals surface area contributed by atoms with E-state index in [2.05, 4.69) is 15.6 Å². The fraction of sp³-hybridized carbons (Fsp3) is 0.235. The lowest BCUT2D eigenvalue weighted by atomic mass is 10.2. The molecule has 26 heavy (non-hydrogen) atoms. The number of hydrogen-bond acceptors (Lipinski definition) is 5. The molecule has 9 heteroatoms. The fourth-order valence-electron chi connectivity index (χ4n) is 2.47. The standard InChI is InChI=1S/C17H19N5O3S/c1-4-22-16-10-5-12(11-15(16)19-20-22)17(23)18-13-6-8-14(9-7-13)26(24,25)21(2)3/h5-11H,4H2,1-3H3,(H,18,23). The second-order valence-corrected chi connectivity index (χ2v) is 8.03. The zero-order valence-corrected chi connectivity index (χ0v) is 15.5. The zero-order valence-electron chi connectivity index (χ0n) is 14.7. The molecule has 0 atom stereocenters. The Labute approximate surface area is 151 Å². The fourth-order valence-corrected chi connectivity index (χ4v) is 3.37. The van der Waals surface area contributed by atoms with Crippen LogP contribution >= 0.6 is 0 Å². The van der Waals surface area contributed by atoms with Gasteiger partial charge in [0.1, 0.15) is 5.52 Å². The zero-order chi connectivity index (χ0) is 18.9. The molecule has 0 saturated carbocycles. The summed E-state index contributed by atoms with van der Waals surface area (Å²) >= 11 is 0. The first-order valence-corrected chi connectivity index (χ1v) is 9.44. The van der Waals surface area contributed by atoms with E-state index in [-0.39, 0.29) is 10.8 Å². The first-order valence-electron chi connectivity index (χ1n) is 8.00. The van der Waals surface area contributed by atoms with Crippen LogP contribution in [0.3, 0.4) is 0 Å². The second kappa shape index (κ2) is 6.85. The van der Waals surface area contributed by atoms with Crippen molar-refractivity contribution in [1.29, 1.82) is 0 Å². The van der Waals surface area contributed by atoms with Gasteiger partial charge in [0.25, 0.3) is 5.91 Å². The molecule has 136 valence electrons. The van der Waals surface area contributed by atoms with Crippen molar-refractivity contribution in [1.82, 2.24) is 19.3 Å². The summed E-state index contributed by atoms with van der Waals surface area (Å²) in [7, 11) is -0.559. The molecule has 0 aliphatic carbocycles. The molecule has 0 spiro atoms. The lowest BCUT2D eigenvalue weighted by molar-refractivity contribution is 0.102. The summed E-state index contributed by atoms with van der Waals surface area (Å²) in [5, 5.41) is 10.8. The van der Waals surface area contributed by atoms with Crippen molar-refractivity contribution in [2.24, 2.45) is 0 Å². The van der Waals surface area contributed by atoms with Gasteiger partial charge in [0, 0.05) is 31.9 Å². The molecule has 0 bridgehead atoms. The Bertz CT molecular complexity index is 1060. The largest absolute Gasteiger partial charge is 0.322 e. The lowest BCUT2D eigenvalue weighted by Crippen LogP contribution is -2.22. The highest BCUT2D eigenvalue weighted by Gasteiger charge is 2.17. The maximum atomic E-state index is 12.4. The van der Waals surface area contributed by atoms with E-state index in [1.54, 1.807) is 35.0 Å². The molecule has 3 aromatic rings. The summed E-state index contributed by atoms with van der Waals surface area (Å²) in [6.07, 6.45) is 0. The third-order valence-electron chi connectivity index (χ3n) is 3.97. The number of nitrogens with zero attached hydrogens (tertiary/aromatic N) is 4. The van der Waals surface area contributed by atoms with Crippen LogP contribution in [0.2, 0.25) is 0 Å². The first kappa shape index (κ1) is 18.0. The molecule has 0 aliphatic heterocycles. The molecule has 2 aromatic carbocycles. The van der Waals surface area contributed by atoms with Crippen molar-refractivity contribution in [3.8, 4) is 0 Å². The molecule has 0 saturated heterocycles. The monoisotopic (exact) mass is 373 g/mol. The van der Waals surface area contributed by atoms with Crippen LogP contribution in [0.15, 0.2) is 47.4 Å². The molecule has 1 N–H and O–H groups in total. The third-order valence-corrected chi connectivity index (χ3v) is 5.80. The number of fused-ring (bicyclic) bond motifs is 1. The van der Waals surface area contributed by atoms with Gasteiger partial charge in [0.15, 0.2) is 0 Å². The Morgan fingerprint density at radius 3 is 2.46 bits per heavy atom. The Morgan fingerprint density at radius 2 is 1.85 bits per heavy atom. The van der Waals surface area contributed by atoms with Gasteiger partial charge in [0.2, 0.25) is 10.0 Å². The van der Waals surface area contributed by atoms with E-state index >= 15 is 0 Å². The summed E-state index contributed by atoms with van der Waals surface area (Å²) in [5.74, 6) is -0.304. The van der Waals surface area contributed by atoms with Gasteiger partial charge in [-0.3, -0.25) is 4.79 Å². The van der Waals surface area contributed by atoms with Crippen molar-refractivity contribution in [3.05, 3.63) is 48.0 Å². The normalized spacial score (nSPS) is 11.8. The summed E-state index contributed by atoms with van der Waals surface area (Å²) in [4.78, 5) is 12.6. The highest BCUT2D eigenvalue weighted by molar-refractivity contribution is 7.89. The van der Waals surface area contributed by atoms with Crippen LogP contribution in [0.25, 0.3) is 11.0 Å². The minimum absolute atomic E-state index is 0.165. The van der Waals surface area contributed by atoms with E-state index in [0.29, 0.717) is 23.3 Å². The maximum Gasteiger partial charge on any atom is 0.255 e. The summed E-state index contributed by atoms with van der Waals surface area (Å²) < 4.78 is 27.0. The summed E-state index contributed by atoms with van der Waals surface area (Å²) in [5.41, 5.74) is 2.46. The summed E-state index contributed by atoms with van der Waals surface area (Å²) in [6, 6.07) is 11.2. The molecule has 8 nitrogen and oxygen atoms in total. The Kier molecular flexibility index (Phi) is 4.75. The second-order valence-electron chi connectivity index (χ2n) is 5.87. The van der Waals surface area contributed by atoms with E-state index in [1.807, 2.05) is 6.92 Å². The van der Waals surface area contributed by atoms with E-state index in [0.717, 1.165) is 9.82 Å². The van der Waals surface area contributed by atoms with Crippen LogP contribution in [-0.2, 0) is 16.6 Å². The van der Waals surface area contributed by atoms with Crippen LogP contribution in [0.4, 0.5) is 5.69 Å². The molecule has 0 unspecified atom stereocenters. The topological polar surface area (TPSA) is 97.2 Å². The number of anilines is 1. The molecule has 3 rings (SSSR count). The van der Waals surface area contributed by atoms with Gasteiger partial charge in [-0.25, -0.2) is 17.4 Å². The summed E-state index contributed by atoms with van der Waals surface area (Å²) in [6.45, 7) is 2.67. The molecule has 0 aliphatic rings. The van der Waals surface area contributed by atoms with Gasteiger partial charge >= 0.3 is 0 Å². The molecule has 0 radical (unpaired) electrons. The molecule has 1 amide bonds. The molecule has 0 fully saturated rings. The van der Waals surface area contributed by atoms with Crippen molar-refractivity contribution >= 4 is 32.7 Å². The van der Waals surface area contributed by atoms with Crippen molar-refractivity contribution < 1.29 is 13.2 Å². The number of nitrogens with one attached hydrogen (secondary N) is 1. The van der Waals surface area contributed by atoms with Gasteiger partial charge in [-0.2, -0.15) is 0 Å². The van der Waals surface area contributed by atoms with Crippen molar-refractivity contribution in [3.63, 3.8) is 0 Å². The molecular formula is C17H19N5O3S. The Balaban J connectivity index is 1.80. The van der Waals surface area contributed by atoms with E-state index in [4.69, 9.17) is 0 Å². The number of carbonyl (C=O) groups excluding carboxylic acids is 1. The highest BCUT2D eigenvalue weighted by Crippen LogP contribution is 2.18. The van der Waals surface area contributed by atoms with Gasteiger partial charge in [-0.05, 0) is 49.4 Å². The van der Waals surface area contributed by atoms with Gasteiger partial charge in [0.05, 0.1) is 10.4 Å². The predicted molar refractivity (Wildman–Crippen MR) is 98.5 cm³/mol. The minimum atomic E-state index is -3.50. The number of carbonyl (C=O) groups is 1. The number of aromatic nitrogens is 3. The average Bonchev–Trinajstić information content (AvgIpc) is 3.04. The number of sulfonamides is 1. The van der Waals surface area contributed by atoms with Crippen LogP contribution in [0.1, 0.15) is 17.3 Å². The number of hydrogen-bond donors (Lipinski definition) is 1. The Hall–Kier alpha value is -2.78. The highest BCUT2D eigenvalue weighted by atomic mass is 32.2. The van der Waals surface area contributed by atoms with Crippen molar-refractivity contribution in [2.45, 2.75) is 18.4 Å². The Morgan fingerprint density at radius 1 is 1.15 bits per heavy atom. The van der Waals surface area contributed by atoms with Crippen LogP contribution < -0.4 is 5.32 Å². The first-order chi connectivity index (χ1) is 12.3. The van der Waals surface area contributed by atoms with Crippen LogP contribution in [-0.4, -0.2) is 47.7 Å². The van der Waals surface area contributed by atoms with Gasteiger partial charge in [-0.15, -0.1) is 5.10 Å². The molecular weight excluding hydrogens is 354 g/mol. The van der Waals surface area contributed by atoms with E-state index < -0.39 is 10.0 Å². The van der Waals surface area contributed by atoms with E-state index in [9.17, 15) is 13.2 Å². The number of rotatable bonds is 5.